The third kappa shape index (κ3) is 4.17. The fraction of sp³-hybridized carbons (Fsp3) is 0.474. The zero-order valence-corrected chi connectivity index (χ0v) is 16.8. The van der Waals surface area contributed by atoms with E-state index < -0.39 is 35.8 Å². The first-order valence-electron chi connectivity index (χ1n) is 8.85. The van der Waals surface area contributed by atoms with E-state index >= 15 is 0 Å². The fourth-order valence-electron chi connectivity index (χ4n) is 3.53. The van der Waals surface area contributed by atoms with E-state index in [-0.39, 0.29) is 11.5 Å². The Morgan fingerprint density at radius 1 is 1.14 bits per heavy atom. The zero-order valence-electron chi connectivity index (χ0n) is 15.2. The third-order valence-corrected chi connectivity index (χ3v) is 5.53. The molecule has 0 saturated heterocycles. The van der Waals surface area contributed by atoms with Crippen LogP contribution in [-0.4, -0.2) is 24.2 Å². The smallest absolute Gasteiger partial charge is 0.463 e. The van der Waals surface area contributed by atoms with Crippen LogP contribution in [0.15, 0.2) is 33.2 Å². The molecule has 0 unspecified atom stereocenters. The summed E-state index contributed by atoms with van der Waals surface area (Å²) >= 11 is 3.24. The van der Waals surface area contributed by atoms with E-state index in [4.69, 9.17) is 9.15 Å². The van der Waals surface area contributed by atoms with Gasteiger partial charge in [0, 0.05) is 16.0 Å². The number of hydrogen-bond acceptors (Lipinski definition) is 4. The molecule has 2 aromatic rings. The van der Waals surface area contributed by atoms with Gasteiger partial charge in [0.2, 0.25) is 0 Å². The van der Waals surface area contributed by atoms with Crippen LogP contribution in [0, 0.1) is 5.92 Å². The molecule has 29 heavy (non-hydrogen) atoms. The minimum atomic E-state index is -5.86. The van der Waals surface area contributed by atoms with Crippen molar-refractivity contribution in [2.75, 3.05) is 7.11 Å². The Balaban J connectivity index is 2.16. The van der Waals surface area contributed by atoms with Gasteiger partial charge in [0.1, 0.15) is 11.5 Å². The Morgan fingerprint density at radius 3 is 2.34 bits per heavy atom. The van der Waals surface area contributed by atoms with Gasteiger partial charge >= 0.3 is 18.1 Å². The highest BCUT2D eigenvalue weighted by Gasteiger charge is 2.63. The van der Waals surface area contributed by atoms with Crippen LogP contribution in [0.2, 0.25) is 0 Å². The van der Waals surface area contributed by atoms with Gasteiger partial charge in [0.25, 0.3) is 5.89 Å². The molecule has 2 atom stereocenters. The first-order chi connectivity index (χ1) is 13.6. The molecule has 1 aliphatic carbocycles. The predicted octanol–water partition coefficient (Wildman–Crippen LogP) is 6.21. The van der Waals surface area contributed by atoms with E-state index in [0.29, 0.717) is 35.7 Å². The van der Waals surface area contributed by atoms with Gasteiger partial charge in [0.05, 0.1) is 13.0 Å². The van der Waals surface area contributed by atoms with Crippen LogP contribution in [0.4, 0.5) is 22.0 Å². The van der Waals surface area contributed by atoms with Crippen molar-refractivity contribution in [3.8, 4) is 11.3 Å². The van der Waals surface area contributed by atoms with Crippen LogP contribution in [-0.2, 0) is 15.5 Å². The molecule has 1 saturated carbocycles. The van der Waals surface area contributed by atoms with Crippen molar-refractivity contribution in [3.63, 3.8) is 0 Å². The van der Waals surface area contributed by atoms with Crippen molar-refractivity contribution in [2.24, 2.45) is 5.92 Å². The van der Waals surface area contributed by atoms with Gasteiger partial charge in [0.15, 0.2) is 0 Å². The molecule has 0 bridgehead atoms. The Morgan fingerprint density at radius 2 is 1.76 bits per heavy atom. The maximum Gasteiger partial charge on any atom is 0.463 e. The number of oxazole rings is 1. The maximum absolute atomic E-state index is 13.9. The third-order valence-electron chi connectivity index (χ3n) is 5.00. The average Bonchev–Trinajstić information content (AvgIpc) is 3.13. The monoisotopic (exact) mass is 481 g/mol. The van der Waals surface area contributed by atoms with Gasteiger partial charge in [-0.25, -0.2) is 4.98 Å². The van der Waals surface area contributed by atoms with Gasteiger partial charge < -0.3 is 9.15 Å². The van der Waals surface area contributed by atoms with Crippen LogP contribution in [0.3, 0.4) is 0 Å². The number of halogens is 6. The number of esters is 1. The number of ether oxygens (including phenoxy) is 1. The summed E-state index contributed by atoms with van der Waals surface area (Å²) in [6.07, 6.45) is -3.67. The first-order valence-corrected chi connectivity index (χ1v) is 9.65. The Kier molecular flexibility index (Phi) is 6.03. The molecule has 1 aliphatic rings. The molecule has 0 amide bonds. The molecule has 4 nitrogen and oxygen atoms in total. The molecule has 0 radical (unpaired) electrons. The van der Waals surface area contributed by atoms with Gasteiger partial charge in [-0.1, -0.05) is 40.9 Å². The van der Waals surface area contributed by atoms with Gasteiger partial charge in [-0.05, 0) is 25.0 Å². The van der Waals surface area contributed by atoms with E-state index in [1.54, 1.807) is 12.1 Å². The Labute approximate surface area is 171 Å². The lowest BCUT2D eigenvalue weighted by molar-refractivity contribution is -0.297. The normalized spacial score (nSPS) is 20.5. The topological polar surface area (TPSA) is 52.3 Å². The number of carbonyl (C=O) groups is 1. The number of nitrogens with zero attached hydrogens (tertiary/aromatic N) is 1. The Hall–Kier alpha value is -1.97. The molecule has 1 fully saturated rings. The summed E-state index contributed by atoms with van der Waals surface area (Å²) in [6.45, 7) is 0. The molecular formula is C19H17BrF5NO3. The minimum Gasteiger partial charge on any atom is -0.469 e. The number of carbonyl (C=O) groups excluding carboxylic acids is 1. The van der Waals surface area contributed by atoms with E-state index in [2.05, 4.69) is 20.9 Å². The largest absolute Gasteiger partial charge is 0.469 e. The summed E-state index contributed by atoms with van der Waals surface area (Å²) in [6, 6.07) is 6.26. The fourth-order valence-corrected chi connectivity index (χ4v) is 3.80. The number of methoxy groups -OCH3 is 1. The lowest BCUT2D eigenvalue weighted by atomic mass is 9.77. The molecule has 1 aromatic heterocycles. The second kappa shape index (κ2) is 8.04. The van der Waals surface area contributed by atoms with Crippen molar-refractivity contribution in [1.29, 1.82) is 0 Å². The van der Waals surface area contributed by atoms with E-state index in [1.165, 1.54) is 19.2 Å². The summed E-state index contributed by atoms with van der Waals surface area (Å²) in [5.41, 5.74) is 0.183. The second-order valence-corrected chi connectivity index (χ2v) is 7.75. The molecule has 1 aromatic carbocycles. The molecular weight excluding hydrogens is 465 g/mol. The van der Waals surface area contributed by atoms with Crippen LogP contribution in [0.5, 0.6) is 0 Å². The van der Waals surface area contributed by atoms with E-state index in [9.17, 15) is 26.7 Å². The second-order valence-electron chi connectivity index (χ2n) is 6.83. The number of aromatic nitrogens is 1. The van der Waals surface area contributed by atoms with Gasteiger partial charge in [-0.2, -0.15) is 22.0 Å². The Bertz CT molecular complexity index is 879. The lowest BCUT2D eigenvalue weighted by Gasteiger charge is -2.28. The first kappa shape index (κ1) is 21.7. The number of hydrogen-bond donors (Lipinski definition) is 0. The summed E-state index contributed by atoms with van der Waals surface area (Å²) < 4.78 is 77.1. The predicted molar refractivity (Wildman–Crippen MR) is 96.3 cm³/mol. The summed E-state index contributed by atoms with van der Waals surface area (Å²) in [4.78, 5) is 15.7. The van der Waals surface area contributed by atoms with Crippen molar-refractivity contribution in [1.82, 2.24) is 4.98 Å². The molecule has 0 N–H and O–H groups in total. The number of benzene rings is 1. The van der Waals surface area contributed by atoms with E-state index in [1.807, 2.05) is 0 Å². The highest BCUT2D eigenvalue weighted by atomic mass is 79.9. The minimum absolute atomic E-state index is 0.128. The van der Waals surface area contributed by atoms with Crippen molar-refractivity contribution < 1.29 is 35.9 Å². The molecule has 1 heterocycles. The van der Waals surface area contributed by atoms with Crippen molar-refractivity contribution in [2.45, 2.75) is 43.7 Å². The average molecular weight is 482 g/mol. The highest BCUT2D eigenvalue weighted by molar-refractivity contribution is 9.10. The molecule has 0 aliphatic heterocycles. The maximum atomic E-state index is 13.9. The SMILES string of the molecule is COC(=O)[C@@H]1CCCC[C@H]1c1oc(C(F)(F)C(F)(F)F)nc1-c1ccc(Br)cc1. The molecule has 3 rings (SSSR count). The summed E-state index contributed by atoms with van der Waals surface area (Å²) in [5.74, 6) is -9.11. The number of rotatable bonds is 4. The lowest BCUT2D eigenvalue weighted by Crippen LogP contribution is -2.34. The van der Waals surface area contributed by atoms with Crippen LogP contribution < -0.4 is 0 Å². The van der Waals surface area contributed by atoms with Crippen molar-refractivity contribution in [3.05, 3.63) is 40.4 Å². The summed E-state index contributed by atoms with van der Waals surface area (Å²) in [5, 5.41) is 0. The molecule has 0 spiro atoms. The van der Waals surface area contributed by atoms with Crippen molar-refractivity contribution >= 4 is 21.9 Å². The van der Waals surface area contributed by atoms with E-state index in [0.717, 1.165) is 0 Å². The van der Waals surface area contributed by atoms with Crippen LogP contribution in [0.1, 0.15) is 43.3 Å². The quantitative estimate of drug-likeness (QED) is 0.385. The van der Waals surface area contributed by atoms with Crippen LogP contribution in [0.25, 0.3) is 11.3 Å². The molecule has 158 valence electrons. The summed E-state index contributed by atoms with van der Waals surface area (Å²) in [7, 11) is 1.20. The standard InChI is InChI=1S/C19H17BrF5NO3/c1-28-16(27)13-5-3-2-4-12(13)15-14(10-6-8-11(20)9-7-10)26-17(29-15)18(21,22)19(23,24)25/h6-9,12-13H,2-5H2,1H3/t12-,13-/m1/s1. The van der Waals surface area contributed by atoms with Crippen LogP contribution >= 0.6 is 15.9 Å². The number of alkyl halides is 5. The highest BCUT2D eigenvalue weighted by Crippen LogP contribution is 2.48. The zero-order chi connectivity index (χ0) is 21.4. The van der Waals surface area contributed by atoms with Gasteiger partial charge in [-0.3, -0.25) is 4.79 Å². The molecule has 10 heteroatoms. The van der Waals surface area contributed by atoms with Gasteiger partial charge in [-0.15, -0.1) is 0 Å².